The quantitative estimate of drug-likeness (QED) is 0.772. The summed E-state index contributed by atoms with van der Waals surface area (Å²) in [5.74, 6) is 0. The summed E-state index contributed by atoms with van der Waals surface area (Å²) in [7, 11) is 0. The molecule has 0 bridgehead atoms. The molecule has 1 saturated heterocycles. The molecule has 17 heavy (non-hydrogen) atoms. The molecule has 1 aliphatic heterocycles. The Balaban J connectivity index is 2.12. The monoisotopic (exact) mass is 239 g/mol. The molecule has 0 aliphatic carbocycles. The fraction of sp³-hybridized carbons (Fsp3) is 0.818. The summed E-state index contributed by atoms with van der Waals surface area (Å²) in [6, 6.07) is 0. The van der Waals surface area contributed by atoms with Gasteiger partial charge in [0.1, 0.15) is 11.8 Å². The van der Waals surface area contributed by atoms with Crippen LogP contribution < -0.4 is 11.5 Å². The van der Waals surface area contributed by atoms with Crippen LogP contribution in [0.5, 0.6) is 0 Å². The van der Waals surface area contributed by atoms with Crippen molar-refractivity contribution in [2.75, 3.05) is 13.2 Å². The zero-order valence-electron chi connectivity index (χ0n) is 10.1. The Kier molecular flexibility index (Phi) is 4.47. The molecule has 0 amide bonds. The maximum atomic E-state index is 5.79. The zero-order chi connectivity index (χ0) is 12.1. The average molecular weight is 239 g/mol. The van der Waals surface area contributed by atoms with Crippen LogP contribution in [0, 0.1) is 0 Å². The Morgan fingerprint density at radius 1 is 1.35 bits per heavy atom. The van der Waals surface area contributed by atoms with Gasteiger partial charge < -0.3 is 16.2 Å². The normalized spacial score (nSPS) is 20.7. The lowest BCUT2D eigenvalue weighted by Crippen LogP contribution is -2.17. The van der Waals surface area contributed by atoms with Crippen LogP contribution in [0.15, 0.2) is 0 Å². The van der Waals surface area contributed by atoms with Crippen LogP contribution in [0.4, 0.5) is 0 Å². The summed E-state index contributed by atoms with van der Waals surface area (Å²) in [6.07, 6.45) is 4.30. The van der Waals surface area contributed by atoms with E-state index in [0.29, 0.717) is 13.1 Å². The van der Waals surface area contributed by atoms with Crippen LogP contribution >= 0.6 is 0 Å². The smallest absolute Gasteiger partial charge is 0.116 e. The van der Waals surface area contributed by atoms with E-state index in [4.69, 9.17) is 16.2 Å². The first-order chi connectivity index (χ1) is 8.36. The van der Waals surface area contributed by atoms with E-state index in [-0.39, 0.29) is 6.10 Å². The summed E-state index contributed by atoms with van der Waals surface area (Å²) >= 11 is 0. The second kappa shape index (κ2) is 6.09. The molecule has 0 radical (unpaired) electrons. The highest BCUT2D eigenvalue weighted by atomic mass is 16.5. The standard InChI is InChI=1S/C11H21N5O/c12-5-3-6-16-9(8-13)11(14-15-16)10-4-1-2-7-17-10/h10H,1-8,12-13H2. The van der Waals surface area contributed by atoms with E-state index >= 15 is 0 Å². The third kappa shape index (κ3) is 2.83. The highest BCUT2D eigenvalue weighted by molar-refractivity contribution is 5.13. The van der Waals surface area contributed by atoms with E-state index in [1.807, 2.05) is 4.68 Å². The minimum Gasteiger partial charge on any atom is -0.372 e. The van der Waals surface area contributed by atoms with Gasteiger partial charge in [0.2, 0.25) is 0 Å². The molecule has 2 rings (SSSR count). The second-order valence-electron chi connectivity index (χ2n) is 4.35. The Hall–Kier alpha value is -0.980. The first kappa shape index (κ1) is 12.5. The van der Waals surface area contributed by atoms with Crippen LogP contribution in [-0.2, 0) is 17.8 Å². The molecular weight excluding hydrogens is 218 g/mol. The number of aryl methyl sites for hydroxylation is 1. The van der Waals surface area contributed by atoms with Gasteiger partial charge in [0.05, 0.1) is 5.69 Å². The number of aromatic nitrogens is 3. The van der Waals surface area contributed by atoms with Crippen LogP contribution in [0.2, 0.25) is 0 Å². The molecule has 4 N–H and O–H groups in total. The average Bonchev–Trinajstić information content (AvgIpc) is 2.80. The van der Waals surface area contributed by atoms with Gasteiger partial charge in [-0.3, -0.25) is 0 Å². The highest BCUT2D eigenvalue weighted by Gasteiger charge is 2.23. The summed E-state index contributed by atoms with van der Waals surface area (Å²) in [6.45, 7) is 2.69. The first-order valence-corrected chi connectivity index (χ1v) is 6.30. The van der Waals surface area contributed by atoms with Crippen molar-refractivity contribution in [1.29, 1.82) is 0 Å². The highest BCUT2D eigenvalue weighted by Crippen LogP contribution is 2.28. The van der Waals surface area contributed by atoms with E-state index in [9.17, 15) is 0 Å². The van der Waals surface area contributed by atoms with Gasteiger partial charge in [0.15, 0.2) is 0 Å². The van der Waals surface area contributed by atoms with Crippen LogP contribution in [-0.4, -0.2) is 28.1 Å². The number of nitrogens with two attached hydrogens (primary N) is 2. The molecule has 6 nitrogen and oxygen atoms in total. The number of nitrogens with zero attached hydrogens (tertiary/aromatic N) is 3. The van der Waals surface area contributed by atoms with Gasteiger partial charge in [-0.2, -0.15) is 0 Å². The minimum atomic E-state index is 0.0777. The largest absolute Gasteiger partial charge is 0.372 e. The molecule has 0 saturated carbocycles. The molecule has 0 aromatic carbocycles. The Labute approximate surface area is 101 Å². The lowest BCUT2D eigenvalue weighted by atomic mass is 10.0. The fourth-order valence-electron chi connectivity index (χ4n) is 2.18. The van der Waals surface area contributed by atoms with Crippen LogP contribution in [0.1, 0.15) is 43.2 Å². The number of hydrogen-bond donors (Lipinski definition) is 2. The van der Waals surface area contributed by atoms with Gasteiger partial charge in [-0.25, -0.2) is 4.68 Å². The molecule has 6 heteroatoms. The Morgan fingerprint density at radius 3 is 2.88 bits per heavy atom. The van der Waals surface area contributed by atoms with Gasteiger partial charge in [-0.05, 0) is 32.2 Å². The topological polar surface area (TPSA) is 92.0 Å². The van der Waals surface area contributed by atoms with E-state index in [0.717, 1.165) is 43.8 Å². The molecule has 1 unspecified atom stereocenters. The summed E-state index contributed by atoms with van der Waals surface area (Å²) in [5, 5.41) is 8.38. The van der Waals surface area contributed by atoms with Crippen LogP contribution in [0.3, 0.4) is 0 Å². The molecule has 1 fully saturated rings. The SMILES string of the molecule is NCCCn1nnc(C2CCCCO2)c1CN. The van der Waals surface area contributed by atoms with Crippen molar-refractivity contribution in [3.05, 3.63) is 11.4 Å². The van der Waals surface area contributed by atoms with Gasteiger partial charge in [0, 0.05) is 19.7 Å². The summed E-state index contributed by atoms with van der Waals surface area (Å²) < 4.78 is 7.59. The number of ether oxygens (including phenoxy) is 1. The number of rotatable bonds is 5. The third-order valence-electron chi connectivity index (χ3n) is 3.12. The maximum absolute atomic E-state index is 5.79. The molecule has 1 aromatic rings. The van der Waals surface area contributed by atoms with Crippen molar-refractivity contribution < 1.29 is 4.74 Å². The third-order valence-corrected chi connectivity index (χ3v) is 3.12. The van der Waals surface area contributed by atoms with Gasteiger partial charge >= 0.3 is 0 Å². The molecular formula is C11H21N5O. The Bertz CT molecular complexity index is 346. The van der Waals surface area contributed by atoms with Crippen molar-refractivity contribution in [3.63, 3.8) is 0 Å². The fourth-order valence-corrected chi connectivity index (χ4v) is 2.18. The molecule has 0 spiro atoms. The molecule has 1 aliphatic rings. The zero-order valence-corrected chi connectivity index (χ0v) is 10.1. The first-order valence-electron chi connectivity index (χ1n) is 6.30. The molecule has 2 heterocycles. The number of hydrogen-bond acceptors (Lipinski definition) is 5. The second-order valence-corrected chi connectivity index (χ2v) is 4.35. The molecule has 1 atom stereocenters. The van der Waals surface area contributed by atoms with E-state index in [2.05, 4.69) is 10.3 Å². The van der Waals surface area contributed by atoms with Gasteiger partial charge in [-0.15, -0.1) is 5.10 Å². The van der Waals surface area contributed by atoms with E-state index < -0.39 is 0 Å². The predicted molar refractivity (Wildman–Crippen MR) is 64.1 cm³/mol. The van der Waals surface area contributed by atoms with E-state index in [1.54, 1.807) is 0 Å². The van der Waals surface area contributed by atoms with E-state index in [1.165, 1.54) is 6.42 Å². The Morgan fingerprint density at radius 2 is 2.24 bits per heavy atom. The summed E-state index contributed by atoms with van der Waals surface area (Å²) in [4.78, 5) is 0. The van der Waals surface area contributed by atoms with Crippen molar-refractivity contribution in [2.24, 2.45) is 11.5 Å². The van der Waals surface area contributed by atoms with Crippen molar-refractivity contribution in [1.82, 2.24) is 15.0 Å². The molecule has 1 aromatic heterocycles. The van der Waals surface area contributed by atoms with Crippen LogP contribution in [0.25, 0.3) is 0 Å². The van der Waals surface area contributed by atoms with Crippen molar-refractivity contribution in [3.8, 4) is 0 Å². The summed E-state index contributed by atoms with van der Waals surface area (Å²) in [5.41, 5.74) is 13.2. The van der Waals surface area contributed by atoms with Crippen molar-refractivity contribution >= 4 is 0 Å². The lowest BCUT2D eigenvalue weighted by molar-refractivity contribution is 0.0117. The van der Waals surface area contributed by atoms with Crippen molar-refractivity contribution in [2.45, 2.75) is 44.9 Å². The van der Waals surface area contributed by atoms with Gasteiger partial charge in [0.25, 0.3) is 0 Å². The predicted octanol–water partition coefficient (Wildman–Crippen LogP) is 0.327. The lowest BCUT2D eigenvalue weighted by Gasteiger charge is -2.21. The minimum absolute atomic E-state index is 0.0777. The molecule has 96 valence electrons. The maximum Gasteiger partial charge on any atom is 0.116 e. The van der Waals surface area contributed by atoms with Gasteiger partial charge in [-0.1, -0.05) is 5.21 Å².